The third-order valence-corrected chi connectivity index (χ3v) is 5.23. The molecule has 2 heterocycles. The van der Waals surface area contributed by atoms with E-state index in [0.29, 0.717) is 25.3 Å². The van der Waals surface area contributed by atoms with Crippen LogP contribution in [0.25, 0.3) is 0 Å². The molecule has 0 radical (unpaired) electrons. The molecule has 1 aromatic carbocycles. The molecular weight excluding hydrogens is 274 g/mol. The molecule has 20 heavy (non-hydrogen) atoms. The van der Waals surface area contributed by atoms with Crippen LogP contribution in [0, 0.1) is 0 Å². The van der Waals surface area contributed by atoms with E-state index in [2.05, 4.69) is 4.98 Å². The lowest BCUT2D eigenvalue weighted by atomic mass is 10.1. The molecule has 6 heteroatoms. The third-order valence-electron chi connectivity index (χ3n) is 3.46. The van der Waals surface area contributed by atoms with Crippen LogP contribution < -0.4 is 5.73 Å². The molecule has 0 aliphatic carbocycles. The summed E-state index contributed by atoms with van der Waals surface area (Å²) in [6.45, 7) is 1.13. The van der Waals surface area contributed by atoms with Crippen molar-refractivity contribution in [2.24, 2.45) is 5.73 Å². The SMILES string of the molecule is NCc1ccc(S(=O)(=O)N2Cc3ccccc3C2)cn1. The van der Waals surface area contributed by atoms with Gasteiger partial charge in [0.05, 0.1) is 5.69 Å². The number of rotatable bonds is 3. The number of aromatic nitrogens is 1. The quantitative estimate of drug-likeness (QED) is 0.922. The number of pyridine rings is 1. The maximum Gasteiger partial charge on any atom is 0.245 e. The second-order valence-corrected chi connectivity index (χ2v) is 6.67. The van der Waals surface area contributed by atoms with Crippen LogP contribution >= 0.6 is 0 Å². The fraction of sp³-hybridized carbons (Fsp3) is 0.214. The number of nitrogens with zero attached hydrogens (tertiary/aromatic N) is 2. The Labute approximate surface area is 118 Å². The number of sulfonamides is 1. The summed E-state index contributed by atoms with van der Waals surface area (Å²) in [4.78, 5) is 4.26. The topological polar surface area (TPSA) is 76.3 Å². The van der Waals surface area contributed by atoms with E-state index >= 15 is 0 Å². The van der Waals surface area contributed by atoms with Crippen molar-refractivity contribution >= 4 is 10.0 Å². The van der Waals surface area contributed by atoms with E-state index < -0.39 is 10.0 Å². The molecule has 0 unspecified atom stereocenters. The van der Waals surface area contributed by atoms with Crippen LogP contribution in [-0.4, -0.2) is 17.7 Å². The van der Waals surface area contributed by atoms with Crippen molar-refractivity contribution in [2.75, 3.05) is 0 Å². The lowest BCUT2D eigenvalue weighted by Gasteiger charge is -2.15. The molecule has 3 rings (SSSR count). The molecule has 1 aliphatic rings. The monoisotopic (exact) mass is 289 g/mol. The molecule has 1 aromatic heterocycles. The van der Waals surface area contributed by atoms with E-state index in [9.17, 15) is 8.42 Å². The summed E-state index contributed by atoms with van der Waals surface area (Å²) in [5.41, 5.74) is 8.26. The maximum absolute atomic E-state index is 12.6. The van der Waals surface area contributed by atoms with Gasteiger partial charge < -0.3 is 5.73 Å². The first-order chi connectivity index (χ1) is 9.61. The van der Waals surface area contributed by atoms with Gasteiger partial charge in [-0.15, -0.1) is 0 Å². The Hall–Kier alpha value is -1.76. The summed E-state index contributed by atoms with van der Waals surface area (Å²) in [5, 5.41) is 0. The van der Waals surface area contributed by atoms with Gasteiger partial charge in [-0.1, -0.05) is 24.3 Å². The van der Waals surface area contributed by atoms with Gasteiger partial charge >= 0.3 is 0 Å². The highest BCUT2D eigenvalue weighted by Gasteiger charge is 2.30. The molecule has 5 nitrogen and oxygen atoms in total. The van der Waals surface area contributed by atoms with Crippen LogP contribution in [0.4, 0.5) is 0 Å². The Balaban J connectivity index is 1.90. The van der Waals surface area contributed by atoms with Crippen molar-refractivity contribution in [1.29, 1.82) is 0 Å². The minimum Gasteiger partial charge on any atom is -0.325 e. The summed E-state index contributed by atoms with van der Waals surface area (Å²) in [6.07, 6.45) is 1.38. The minimum absolute atomic E-state index is 0.211. The highest BCUT2D eigenvalue weighted by atomic mass is 32.2. The Kier molecular flexibility index (Phi) is 3.29. The zero-order chi connectivity index (χ0) is 14.2. The number of benzene rings is 1. The lowest BCUT2D eigenvalue weighted by Crippen LogP contribution is -2.25. The standard InChI is InChI=1S/C14H15N3O2S/c15-7-13-5-6-14(8-16-13)20(18,19)17-9-11-3-1-2-4-12(11)10-17/h1-6,8H,7,9-10,15H2. The Morgan fingerprint density at radius 2 is 1.75 bits per heavy atom. The fourth-order valence-corrected chi connectivity index (χ4v) is 3.65. The van der Waals surface area contributed by atoms with Crippen molar-refractivity contribution < 1.29 is 8.42 Å². The number of hydrogen-bond acceptors (Lipinski definition) is 4. The van der Waals surface area contributed by atoms with Gasteiger partial charge in [0.1, 0.15) is 4.90 Å². The normalized spacial score (nSPS) is 15.2. The van der Waals surface area contributed by atoms with Crippen molar-refractivity contribution in [3.05, 3.63) is 59.4 Å². The average Bonchev–Trinajstić information content (AvgIpc) is 2.92. The van der Waals surface area contributed by atoms with Gasteiger partial charge in [-0.25, -0.2) is 8.42 Å². The predicted octanol–water partition coefficient (Wildman–Crippen LogP) is 1.24. The first-order valence-electron chi connectivity index (χ1n) is 6.33. The first kappa shape index (κ1) is 13.2. The molecule has 2 aromatic rings. The van der Waals surface area contributed by atoms with Crippen LogP contribution in [0.5, 0.6) is 0 Å². The highest BCUT2D eigenvalue weighted by molar-refractivity contribution is 7.89. The highest BCUT2D eigenvalue weighted by Crippen LogP contribution is 2.28. The van der Waals surface area contributed by atoms with Gasteiger partial charge in [-0.05, 0) is 23.3 Å². The van der Waals surface area contributed by atoms with Crippen LogP contribution in [-0.2, 0) is 29.7 Å². The molecule has 0 atom stereocenters. The second-order valence-electron chi connectivity index (χ2n) is 4.73. The van der Waals surface area contributed by atoms with Gasteiger partial charge in [0.2, 0.25) is 10.0 Å². The fourth-order valence-electron chi connectivity index (χ4n) is 2.31. The molecule has 0 saturated heterocycles. The van der Waals surface area contributed by atoms with Crippen molar-refractivity contribution in [1.82, 2.24) is 9.29 Å². The zero-order valence-electron chi connectivity index (χ0n) is 10.9. The molecule has 0 bridgehead atoms. The van der Waals surface area contributed by atoms with Crippen LogP contribution in [0.3, 0.4) is 0 Å². The summed E-state index contributed by atoms with van der Waals surface area (Å²) in [5.74, 6) is 0. The molecule has 0 spiro atoms. The predicted molar refractivity (Wildman–Crippen MR) is 75.0 cm³/mol. The summed E-state index contributed by atoms with van der Waals surface area (Å²) >= 11 is 0. The van der Waals surface area contributed by atoms with Crippen molar-refractivity contribution in [2.45, 2.75) is 24.5 Å². The van der Waals surface area contributed by atoms with Gasteiger partial charge in [0.25, 0.3) is 0 Å². The Morgan fingerprint density at radius 3 is 2.25 bits per heavy atom. The average molecular weight is 289 g/mol. The largest absolute Gasteiger partial charge is 0.325 e. The Morgan fingerprint density at radius 1 is 1.10 bits per heavy atom. The van der Waals surface area contributed by atoms with Crippen LogP contribution in [0.1, 0.15) is 16.8 Å². The van der Waals surface area contributed by atoms with Crippen LogP contribution in [0.15, 0.2) is 47.5 Å². The molecule has 1 aliphatic heterocycles. The van der Waals surface area contributed by atoms with E-state index in [1.807, 2.05) is 24.3 Å². The molecule has 0 amide bonds. The van der Waals surface area contributed by atoms with E-state index in [1.54, 1.807) is 12.1 Å². The van der Waals surface area contributed by atoms with E-state index in [1.165, 1.54) is 10.5 Å². The van der Waals surface area contributed by atoms with Gasteiger partial charge in [-0.2, -0.15) is 4.31 Å². The van der Waals surface area contributed by atoms with Crippen molar-refractivity contribution in [3.8, 4) is 0 Å². The minimum atomic E-state index is -3.50. The maximum atomic E-state index is 12.6. The molecule has 0 saturated carbocycles. The molecule has 2 N–H and O–H groups in total. The Bertz CT molecular complexity index is 701. The first-order valence-corrected chi connectivity index (χ1v) is 7.77. The zero-order valence-corrected chi connectivity index (χ0v) is 11.7. The summed E-state index contributed by atoms with van der Waals surface area (Å²) in [7, 11) is -3.50. The number of fused-ring (bicyclic) bond motifs is 1. The molecular formula is C14H15N3O2S. The van der Waals surface area contributed by atoms with Crippen molar-refractivity contribution in [3.63, 3.8) is 0 Å². The summed E-state index contributed by atoms with van der Waals surface area (Å²) in [6, 6.07) is 11.0. The van der Waals surface area contributed by atoms with Crippen LogP contribution in [0.2, 0.25) is 0 Å². The summed E-state index contributed by atoms with van der Waals surface area (Å²) < 4.78 is 26.6. The van der Waals surface area contributed by atoms with E-state index in [4.69, 9.17) is 5.73 Å². The molecule has 104 valence electrons. The lowest BCUT2D eigenvalue weighted by molar-refractivity contribution is 0.431. The van der Waals surface area contributed by atoms with Gasteiger partial charge in [-0.3, -0.25) is 4.98 Å². The van der Waals surface area contributed by atoms with E-state index in [0.717, 1.165) is 11.1 Å². The van der Waals surface area contributed by atoms with Gasteiger partial charge in [0, 0.05) is 25.8 Å². The molecule has 0 fully saturated rings. The van der Waals surface area contributed by atoms with Gasteiger partial charge in [0.15, 0.2) is 0 Å². The smallest absolute Gasteiger partial charge is 0.245 e. The second kappa shape index (κ2) is 4.97. The number of nitrogens with two attached hydrogens (primary N) is 1. The third kappa shape index (κ3) is 2.22. The number of hydrogen-bond donors (Lipinski definition) is 1. The van der Waals surface area contributed by atoms with E-state index in [-0.39, 0.29) is 4.90 Å².